The summed E-state index contributed by atoms with van der Waals surface area (Å²) in [6.45, 7) is 2.99. The molecule has 0 heterocycles. The molecule has 2 aromatic rings. The molecule has 0 radical (unpaired) electrons. The minimum atomic E-state index is -0.163. The Morgan fingerprint density at radius 1 is 1.24 bits per heavy atom. The SMILES string of the molecule is CCCNC(Cc1ccccc1F)c1ccc(Br)c(Cl)c1. The predicted molar refractivity (Wildman–Crippen MR) is 90.3 cm³/mol. The average molecular weight is 371 g/mol. The second-order valence-corrected chi connectivity index (χ2v) is 6.24. The standard InChI is InChI=1S/C17H18BrClFN/c1-2-9-21-17(11-12-5-3-4-6-16(12)20)13-7-8-14(18)15(19)10-13/h3-8,10,17,21H,2,9,11H2,1H3. The Hall–Kier alpha value is -0.900. The Labute approximate surface area is 138 Å². The van der Waals surface area contributed by atoms with Crippen LogP contribution in [0.4, 0.5) is 4.39 Å². The highest BCUT2D eigenvalue weighted by Crippen LogP contribution is 2.28. The molecule has 21 heavy (non-hydrogen) atoms. The van der Waals surface area contributed by atoms with Crippen LogP contribution >= 0.6 is 27.5 Å². The van der Waals surface area contributed by atoms with E-state index in [0.717, 1.165) is 23.0 Å². The van der Waals surface area contributed by atoms with Crippen molar-refractivity contribution >= 4 is 27.5 Å². The average Bonchev–Trinajstić information content (AvgIpc) is 2.48. The molecule has 0 fully saturated rings. The van der Waals surface area contributed by atoms with Gasteiger partial charge in [0.05, 0.1) is 5.02 Å². The predicted octanol–water partition coefficient (Wildman–Crippen LogP) is 5.53. The Morgan fingerprint density at radius 2 is 2.00 bits per heavy atom. The molecule has 0 aliphatic rings. The monoisotopic (exact) mass is 369 g/mol. The van der Waals surface area contributed by atoms with Crippen LogP contribution in [-0.4, -0.2) is 6.54 Å². The highest BCUT2D eigenvalue weighted by Gasteiger charge is 2.15. The molecule has 0 aliphatic carbocycles. The van der Waals surface area contributed by atoms with Gasteiger partial charge in [0, 0.05) is 10.5 Å². The van der Waals surface area contributed by atoms with Gasteiger partial charge in [0.1, 0.15) is 5.82 Å². The smallest absolute Gasteiger partial charge is 0.126 e. The third kappa shape index (κ3) is 4.53. The van der Waals surface area contributed by atoms with E-state index in [4.69, 9.17) is 11.6 Å². The van der Waals surface area contributed by atoms with Crippen LogP contribution in [-0.2, 0) is 6.42 Å². The number of rotatable bonds is 6. The second kappa shape index (κ2) is 7.92. The molecule has 1 unspecified atom stereocenters. The lowest BCUT2D eigenvalue weighted by atomic mass is 9.98. The number of hydrogen-bond donors (Lipinski definition) is 1. The first-order valence-electron chi connectivity index (χ1n) is 7.03. The first-order chi connectivity index (χ1) is 10.1. The fourth-order valence-electron chi connectivity index (χ4n) is 2.24. The number of hydrogen-bond acceptors (Lipinski definition) is 1. The summed E-state index contributed by atoms with van der Waals surface area (Å²) < 4.78 is 14.7. The lowest BCUT2D eigenvalue weighted by molar-refractivity contribution is 0.513. The van der Waals surface area contributed by atoms with E-state index in [-0.39, 0.29) is 11.9 Å². The number of halogens is 3. The molecule has 0 saturated carbocycles. The molecule has 4 heteroatoms. The number of benzene rings is 2. The van der Waals surface area contributed by atoms with Crippen LogP contribution in [0.25, 0.3) is 0 Å². The van der Waals surface area contributed by atoms with Gasteiger partial charge in [-0.25, -0.2) is 4.39 Å². The van der Waals surface area contributed by atoms with Crippen LogP contribution < -0.4 is 5.32 Å². The molecule has 0 aromatic heterocycles. The summed E-state index contributed by atoms with van der Waals surface area (Å²) in [4.78, 5) is 0. The van der Waals surface area contributed by atoms with Crippen LogP contribution in [0.15, 0.2) is 46.9 Å². The summed E-state index contributed by atoms with van der Waals surface area (Å²) in [5, 5.41) is 4.14. The fourth-order valence-corrected chi connectivity index (χ4v) is 2.68. The fraction of sp³-hybridized carbons (Fsp3) is 0.294. The Morgan fingerprint density at radius 3 is 2.67 bits per heavy atom. The van der Waals surface area contributed by atoms with E-state index in [1.54, 1.807) is 6.07 Å². The molecular formula is C17H18BrClFN. The maximum atomic E-state index is 13.9. The highest BCUT2D eigenvalue weighted by atomic mass is 79.9. The van der Waals surface area contributed by atoms with Crippen LogP contribution in [0.2, 0.25) is 5.02 Å². The zero-order valence-corrected chi connectivity index (χ0v) is 14.2. The lowest BCUT2D eigenvalue weighted by Gasteiger charge is -2.20. The molecule has 1 atom stereocenters. The molecule has 0 aliphatic heterocycles. The van der Waals surface area contributed by atoms with Crippen molar-refractivity contribution in [1.29, 1.82) is 0 Å². The van der Waals surface area contributed by atoms with E-state index in [1.165, 1.54) is 6.07 Å². The molecule has 1 nitrogen and oxygen atoms in total. The van der Waals surface area contributed by atoms with Gasteiger partial charge in [0.25, 0.3) is 0 Å². The molecule has 2 aromatic carbocycles. The summed E-state index contributed by atoms with van der Waals surface area (Å²) in [5.74, 6) is -0.163. The molecular weight excluding hydrogens is 353 g/mol. The third-order valence-electron chi connectivity index (χ3n) is 3.37. The van der Waals surface area contributed by atoms with Gasteiger partial charge in [-0.15, -0.1) is 0 Å². The van der Waals surface area contributed by atoms with Crippen LogP contribution in [0, 0.1) is 5.82 Å². The Kier molecular flexibility index (Phi) is 6.22. The summed E-state index contributed by atoms with van der Waals surface area (Å²) in [5.41, 5.74) is 1.78. The summed E-state index contributed by atoms with van der Waals surface area (Å²) in [6, 6.07) is 12.8. The zero-order chi connectivity index (χ0) is 15.2. The van der Waals surface area contributed by atoms with Gasteiger partial charge < -0.3 is 5.32 Å². The molecule has 0 amide bonds. The lowest BCUT2D eigenvalue weighted by Crippen LogP contribution is -2.24. The second-order valence-electron chi connectivity index (χ2n) is 4.98. The number of nitrogens with one attached hydrogen (secondary N) is 1. The summed E-state index contributed by atoms with van der Waals surface area (Å²) in [6.07, 6.45) is 1.63. The first-order valence-corrected chi connectivity index (χ1v) is 8.20. The van der Waals surface area contributed by atoms with Gasteiger partial charge in [-0.2, -0.15) is 0 Å². The largest absolute Gasteiger partial charge is 0.310 e. The van der Waals surface area contributed by atoms with Gasteiger partial charge in [0.2, 0.25) is 0 Å². The van der Waals surface area contributed by atoms with Crippen molar-refractivity contribution in [2.75, 3.05) is 6.54 Å². The third-order valence-corrected chi connectivity index (χ3v) is 4.60. The van der Waals surface area contributed by atoms with Gasteiger partial charge >= 0.3 is 0 Å². The summed E-state index contributed by atoms with van der Waals surface area (Å²) in [7, 11) is 0. The topological polar surface area (TPSA) is 12.0 Å². The maximum absolute atomic E-state index is 13.9. The van der Waals surface area contributed by atoms with Crippen molar-refractivity contribution in [2.24, 2.45) is 0 Å². The minimum Gasteiger partial charge on any atom is -0.310 e. The van der Waals surface area contributed by atoms with Crippen molar-refractivity contribution in [2.45, 2.75) is 25.8 Å². The maximum Gasteiger partial charge on any atom is 0.126 e. The van der Waals surface area contributed by atoms with Crippen molar-refractivity contribution < 1.29 is 4.39 Å². The molecule has 2 rings (SSSR count). The van der Waals surface area contributed by atoms with Gasteiger partial charge in [-0.3, -0.25) is 0 Å². The normalized spacial score (nSPS) is 12.4. The van der Waals surface area contributed by atoms with E-state index >= 15 is 0 Å². The van der Waals surface area contributed by atoms with E-state index in [0.29, 0.717) is 17.0 Å². The molecule has 112 valence electrons. The first kappa shape index (κ1) is 16.5. The highest BCUT2D eigenvalue weighted by molar-refractivity contribution is 9.10. The van der Waals surface area contributed by atoms with Gasteiger partial charge in [-0.05, 0) is 64.6 Å². The quantitative estimate of drug-likeness (QED) is 0.705. The molecule has 1 N–H and O–H groups in total. The van der Waals surface area contributed by atoms with E-state index in [2.05, 4.69) is 28.2 Å². The van der Waals surface area contributed by atoms with E-state index < -0.39 is 0 Å². The van der Waals surface area contributed by atoms with Crippen molar-refractivity contribution in [3.63, 3.8) is 0 Å². The van der Waals surface area contributed by atoms with Crippen LogP contribution in [0.5, 0.6) is 0 Å². The zero-order valence-electron chi connectivity index (χ0n) is 11.9. The molecule has 0 spiro atoms. The van der Waals surface area contributed by atoms with Gasteiger partial charge in [-0.1, -0.05) is 42.8 Å². The van der Waals surface area contributed by atoms with Crippen molar-refractivity contribution in [1.82, 2.24) is 5.32 Å². The van der Waals surface area contributed by atoms with Crippen molar-refractivity contribution in [3.05, 3.63) is 68.9 Å². The van der Waals surface area contributed by atoms with Crippen molar-refractivity contribution in [3.8, 4) is 0 Å². The van der Waals surface area contributed by atoms with E-state index in [9.17, 15) is 4.39 Å². The summed E-state index contributed by atoms with van der Waals surface area (Å²) >= 11 is 9.57. The van der Waals surface area contributed by atoms with Gasteiger partial charge in [0.15, 0.2) is 0 Å². The Bertz CT molecular complexity index is 603. The molecule has 0 bridgehead atoms. The van der Waals surface area contributed by atoms with Crippen LogP contribution in [0.1, 0.15) is 30.5 Å². The van der Waals surface area contributed by atoms with E-state index in [1.807, 2.05) is 30.3 Å². The van der Waals surface area contributed by atoms with Crippen LogP contribution in [0.3, 0.4) is 0 Å². The minimum absolute atomic E-state index is 0.0486. The Balaban J connectivity index is 2.25. The molecule has 0 saturated heterocycles.